The van der Waals surface area contributed by atoms with Crippen LogP contribution in [-0.4, -0.2) is 10.2 Å². The van der Waals surface area contributed by atoms with Crippen LogP contribution in [0.2, 0.25) is 0 Å². The fraction of sp³-hybridized carbons (Fsp3) is 0.318. The SMILES string of the molecule is CCc1cc(CC)c(-c2cc3c(c(-c4c(O)c(-c5c(CC)cc(CC)cc5CC)cc5ccccc45)c2O)C=CCC3)c(CC)c1. The van der Waals surface area contributed by atoms with E-state index in [1.54, 1.807) is 0 Å². The van der Waals surface area contributed by atoms with Gasteiger partial charge in [0.25, 0.3) is 0 Å². The Morgan fingerprint density at radius 3 is 1.57 bits per heavy atom. The first-order valence-electron chi connectivity index (χ1n) is 17.5. The fourth-order valence-corrected chi connectivity index (χ4v) is 7.70. The maximum Gasteiger partial charge on any atom is 0.132 e. The molecular formula is C44H48O2. The summed E-state index contributed by atoms with van der Waals surface area (Å²) in [6.45, 7) is 13.2. The second kappa shape index (κ2) is 13.2. The molecule has 5 aromatic carbocycles. The van der Waals surface area contributed by atoms with Crippen LogP contribution in [0.3, 0.4) is 0 Å². The van der Waals surface area contributed by atoms with E-state index >= 15 is 0 Å². The maximum absolute atomic E-state index is 12.6. The molecule has 236 valence electrons. The van der Waals surface area contributed by atoms with Crippen molar-refractivity contribution >= 4 is 16.8 Å². The minimum atomic E-state index is 0.244. The van der Waals surface area contributed by atoms with E-state index in [0.717, 1.165) is 101 Å². The molecular weight excluding hydrogens is 560 g/mol. The molecule has 0 saturated heterocycles. The molecule has 0 atom stereocenters. The Balaban J connectivity index is 1.76. The van der Waals surface area contributed by atoms with Crippen LogP contribution in [0.25, 0.3) is 50.2 Å². The van der Waals surface area contributed by atoms with Crippen LogP contribution in [0.5, 0.6) is 11.5 Å². The molecule has 6 rings (SSSR count). The van der Waals surface area contributed by atoms with Crippen LogP contribution < -0.4 is 0 Å². The van der Waals surface area contributed by atoms with Gasteiger partial charge in [0, 0.05) is 22.3 Å². The van der Waals surface area contributed by atoms with Crippen LogP contribution in [0.1, 0.15) is 92.5 Å². The van der Waals surface area contributed by atoms with E-state index in [4.69, 9.17) is 0 Å². The van der Waals surface area contributed by atoms with Gasteiger partial charge >= 0.3 is 0 Å². The molecule has 0 amide bonds. The van der Waals surface area contributed by atoms with Crippen molar-refractivity contribution in [2.24, 2.45) is 0 Å². The Morgan fingerprint density at radius 1 is 0.543 bits per heavy atom. The summed E-state index contributed by atoms with van der Waals surface area (Å²) in [6, 6.07) is 22.0. The molecule has 0 radical (unpaired) electrons. The van der Waals surface area contributed by atoms with Crippen LogP contribution >= 0.6 is 0 Å². The zero-order valence-corrected chi connectivity index (χ0v) is 28.5. The number of hydrogen-bond acceptors (Lipinski definition) is 2. The van der Waals surface area contributed by atoms with Crippen molar-refractivity contribution < 1.29 is 10.2 Å². The number of phenolic OH excluding ortho intramolecular Hbond substituents is 2. The predicted octanol–water partition coefficient (Wildman–Crippen LogP) is 11.6. The van der Waals surface area contributed by atoms with Crippen molar-refractivity contribution in [1.82, 2.24) is 0 Å². The van der Waals surface area contributed by atoms with Gasteiger partial charge in [0.15, 0.2) is 0 Å². The molecule has 2 N–H and O–H groups in total. The van der Waals surface area contributed by atoms with Crippen molar-refractivity contribution in [3.8, 4) is 44.9 Å². The smallest absolute Gasteiger partial charge is 0.132 e. The van der Waals surface area contributed by atoms with Crippen LogP contribution in [0.15, 0.2) is 66.7 Å². The average molecular weight is 609 g/mol. The molecule has 1 aliphatic rings. The van der Waals surface area contributed by atoms with E-state index in [-0.39, 0.29) is 11.5 Å². The second-order valence-electron chi connectivity index (χ2n) is 12.7. The topological polar surface area (TPSA) is 40.5 Å². The maximum atomic E-state index is 12.6. The zero-order chi connectivity index (χ0) is 32.5. The molecule has 0 spiro atoms. The lowest BCUT2D eigenvalue weighted by molar-refractivity contribution is 0.471. The lowest BCUT2D eigenvalue weighted by Gasteiger charge is -2.25. The average Bonchev–Trinajstić information content (AvgIpc) is 3.10. The third-order valence-corrected chi connectivity index (χ3v) is 10.2. The molecule has 2 heteroatoms. The molecule has 1 aliphatic carbocycles. The standard InChI is InChI=1S/C44H48O2/c1-7-27-21-29(9-3)39(30(10-4)22-27)37-25-33-17-13-15-19-35(33)41(43(37)45)42-36-20-16-14-18-34(36)26-38(44(42)46)40-31(11-5)23-28(8-2)24-32(40)12-6/h13,15-17,19-26,45-46H,7-12,14,18H2,1-6H3. The second-order valence-corrected chi connectivity index (χ2v) is 12.7. The Bertz CT molecular complexity index is 1920. The zero-order valence-electron chi connectivity index (χ0n) is 28.5. The number of phenols is 2. The lowest BCUT2D eigenvalue weighted by Crippen LogP contribution is -2.04. The first-order chi connectivity index (χ1) is 22.4. The summed E-state index contributed by atoms with van der Waals surface area (Å²) in [6.07, 6.45) is 11.7. The van der Waals surface area contributed by atoms with Crippen molar-refractivity contribution in [3.05, 3.63) is 111 Å². The summed E-state index contributed by atoms with van der Waals surface area (Å²) in [4.78, 5) is 0. The molecule has 0 fully saturated rings. The van der Waals surface area contributed by atoms with Crippen molar-refractivity contribution in [2.75, 3.05) is 0 Å². The molecule has 2 nitrogen and oxygen atoms in total. The van der Waals surface area contributed by atoms with E-state index in [9.17, 15) is 10.2 Å². The molecule has 0 bridgehead atoms. The molecule has 46 heavy (non-hydrogen) atoms. The number of rotatable bonds is 9. The van der Waals surface area contributed by atoms with E-state index in [1.807, 2.05) is 6.07 Å². The predicted molar refractivity (Wildman–Crippen MR) is 197 cm³/mol. The molecule has 0 saturated carbocycles. The highest BCUT2D eigenvalue weighted by molar-refractivity contribution is 6.09. The fourth-order valence-electron chi connectivity index (χ4n) is 7.70. The van der Waals surface area contributed by atoms with Gasteiger partial charge < -0.3 is 10.2 Å². The quantitative estimate of drug-likeness (QED) is 0.175. The Morgan fingerprint density at radius 2 is 1.04 bits per heavy atom. The number of aryl methyl sites for hydroxylation is 7. The summed E-state index contributed by atoms with van der Waals surface area (Å²) in [5.74, 6) is 0.498. The Labute approximate surface area is 275 Å². The van der Waals surface area contributed by atoms with Gasteiger partial charge in [0.2, 0.25) is 0 Å². The summed E-state index contributed by atoms with van der Waals surface area (Å²) in [7, 11) is 0. The molecule has 0 aliphatic heterocycles. The molecule has 0 heterocycles. The lowest BCUT2D eigenvalue weighted by atomic mass is 9.80. The van der Waals surface area contributed by atoms with Crippen LogP contribution in [0.4, 0.5) is 0 Å². The van der Waals surface area contributed by atoms with Crippen molar-refractivity contribution in [1.29, 1.82) is 0 Å². The molecule has 0 aromatic heterocycles. The summed E-state index contributed by atoms with van der Waals surface area (Å²) < 4.78 is 0. The Kier molecular flexibility index (Phi) is 9.09. The number of aromatic hydroxyl groups is 2. The van der Waals surface area contributed by atoms with Gasteiger partial charge in [-0.2, -0.15) is 0 Å². The van der Waals surface area contributed by atoms with E-state index < -0.39 is 0 Å². The summed E-state index contributed by atoms with van der Waals surface area (Å²) >= 11 is 0. The number of hydrogen-bond donors (Lipinski definition) is 2. The van der Waals surface area contributed by atoms with Crippen molar-refractivity contribution in [2.45, 2.75) is 92.9 Å². The van der Waals surface area contributed by atoms with Crippen molar-refractivity contribution in [3.63, 3.8) is 0 Å². The highest BCUT2D eigenvalue weighted by Gasteiger charge is 2.28. The summed E-state index contributed by atoms with van der Waals surface area (Å²) in [5, 5.41) is 27.2. The van der Waals surface area contributed by atoms with E-state index in [2.05, 4.69) is 108 Å². The van der Waals surface area contributed by atoms with Gasteiger partial charge in [-0.15, -0.1) is 0 Å². The van der Waals surface area contributed by atoms with Gasteiger partial charge in [-0.3, -0.25) is 0 Å². The number of benzene rings is 5. The third-order valence-electron chi connectivity index (χ3n) is 10.2. The normalized spacial score (nSPS) is 12.6. The minimum Gasteiger partial charge on any atom is -0.507 e. The first kappa shape index (κ1) is 31.7. The van der Waals surface area contributed by atoms with Gasteiger partial charge in [0.1, 0.15) is 11.5 Å². The number of allylic oxidation sites excluding steroid dienone is 1. The van der Waals surface area contributed by atoms with Crippen LogP contribution in [-0.2, 0) is 44.9 Å². The van der Waals surface area contributed by atoms with Gasteiger partial charge in [0.05, 0.1) is 0 Å². The highest BCUT2D eigenvalue weighted by atomic mass is 16.3. The number of fused-ring (bicyclic) bond motifs is 2. The van der Waals surface area contributed by atoms with E-state index in [1.165, 1.54) is 38.9 Å². The summed E-state index contributed by atoms with van der Waals surface area (Å²) in [5.41, 5.74) is 15.4. The Hall–Kier alpha value is -4.30. The molecule has 0 unspecified atom stereocenters. The monoisotopic (exact) mass is 608 g/mol. The van der Waals surface area contributed by atoms with Gasteiger partial charge in [-0.25, -0.2) is 0 Å². The minimum absolute atomic E-state index is 0.244. The molecule has 5 aromatic rings. The third kappa shape index (κ3) is 5.32. The van der Waals surface area contributed by atoms with Crippen LogP contribution in [0, 0.1) is 0 Å². The van der Waals surface area contributed by atoms with Gasteiger partial charge in [-0.1, -0.05) is 102 Å². The highest BCUT2D eigenvalue weighted by Crippen LogP contribution is 2.53. The van der Waals surface area contributed by atoms with E-state index in [0.29, 0.717) is 0 Å². The van der Waals surface area contributed by atoms with Gasteiger partial charge in [-0.05, 0) is 130 Å². The largest absolute Gasteiger partial charge is 0.507 e. The first-order valence-corrected chi connectivity index (χ1v) is 17.5.